The Labute approximate surface area is 207 Å². The number of benzene rings is 2. The number of aromatic nitrogens is 3. The molecule has 0 fully saturated rings. The summed E-state index contributed by atoms with van der Waals surface area (Å²) in [6, 6.07) is 13.6. The highest BCUT2D eigenvalue weighted by atomic mass is 32.1. The van der Waals surface area contributed by atoms with Crippen LogP contribution in [0.4, 0.5) is 10.8 Å². The van der Waals surface area contributed by atoms with E-state index in [1.807, 2.05) is 63.2 Å². The molecular formula is C26H26N4O4S. The molecule has 0 atom stereocenters. The molecule has 4 rings (SSSR count). The molecule has 0 N–H and O–H groups in total. The van der Waals surface area contributed by atoms with E-state index in [1.54, 1.807) is 10.3 Å². The number of aryl methyl sites for hydroxylation is 4. The third kappa shape index (κ3) is 5.99. The van der Waals surface area contributed by atoms with Gasteiger partial charge in [0.05, 0.1) is 17.8 Å². The van der Waals surface area contributed by atoms with Crippen molar-refractivity contribution in [3.05, 3.63) is 76.1 Å². The van der Waals surface area contributed by atoms with Crippen LogP contribution in [0.3, 0.4) is 0 Å². The van der Waals surface area contributed by atoms with E-state index >= 15 is 0 Å². The van der Waals surface area contributed by atoms with Crippen molar-refractivity contribution in [3.8, 4) is 11.5 Å². The van der Waals surface area contributed by atoms with Crippen LogP contribution in [0.15, 0.2) is 52.3 Å². The van der Waals surface area contributed by atoms with Crippen molar-refractivity contribution < 1.29 is 18.7 Å². The minimum atomic E-state index is -0.396. The number of hydrogen-bond acceptors (Lipinski definition) is 8. The molecule has 0 radical (unpaired) electrons. The lowest BCUT2D eigenvalue weighted by atomic mass is 10.1. The maximum Gasteiger partial charge on any atom is 0.306 e. The lowest BCUT2D eigenvalue weighted by Crippen LogP contribution is -2.22. The van der Waals surface area contributed by atoms with Crippen LogP contribution in [0.2, 0.25) is 0 Å². The highest BCUT2D eigenvalue weighted by Crippen LogP contribution is 2.30. The third-order valence-electron chi connectivity index (χ3n) is 5.48. The Morgan fingerprint density at radius 2 is 1.80 bits per heavy atom. The molecule has 2 aromatic carbocycles. The summed E-state index contributed by atoms with van der Waals surface area (Å²) in [5.74, 6) is 0.254. The highest BCUT2D eigenvalue weighted by Gasteiger charge is 2.19. The molecule has 0 spiro atoms. The van der Waals surface area contributed by atoms with Crippen LogP contribution < -0.4 is 4.90 Å². The number of ether oxygens (including phenoxy) is 1. The van der Waals surface area contributed by atoms with E-state index in [9.17, 15) is 9.59 Å². The number of thiazole rings is 1. The van der Waals surface area contributed by atoms with Crippen LogP contribution in [0.1, 0.15) is 41.6 Å². The standard InChI is InChI=1S/C26H26N4O4S/c1-16-5-8-20(9-6-16)25-29-28-23(34-25)11-12-24(32)33-14-21-15-35-26(27-21)30(19(4)31)22-10-7-17(2)18(3)13-22/h5-10,13,15H,11-12,14H2,1-4H3. The SMILES string of the molecule is CC(=O)N(c1ccc(C)c(C)c1)c1nc(COC(=O)CCc2nnc(-c3ccc(C)cc3)o2)cs1. The Kier molecular flexibility index (Phi) is 7.36. The van der Waals surface area contributed by atoms with E-state index in [-0.39, 0.29) is 25.4 Å². The van der Waals surface area contributed by atoms with Crippen LogP contribution in [0, 0.1) is 20.8 Å². The van der Waals surface area contributed by atoms with Crippen molar-refractivity contribution in [2.24, 2.45) is 0 Å². The first kappa shape index (κ1) is 24.3. The zero-order valence-electron chi connectivity index (χ0n) is 20.1. The number of anilines is 2. The van der Waals surface area contributed by atoms with Gasteiger partial charge < -0.3 is 9.15 Å². The van der Waals surface area contributed by atoms with Gasteiger partial charge in [-0.15, -0.1) is 21.5 Å². The van der Waals surface area contributed by atoms with Crippen molar-refractivity contribution in [2.45, 2.75) is 47.1 Å². The van der Waals surface area contributed by atoms with Gasteiger partial charge in [-0.05, 0) is 56.2 Å². The number of carbonyl (C=O) groups excluding carboxylic acids is 2. The summed E-state index contributed by atoms with van der Waals surface area (Å²) in [4.78, 5) is 30.6. The van der Waals surface area contributed by atoms with Gasteiger partial charge in [-0.25, -0.2) is 4.98 Å². The number of rotatable bonds is 8. The molecule has 0 saturated carbocycles. The van der Waals surface area contributed by atoms with Gasteiger partial charge in [0.2, 0.25) is 17.7 Å². The summed E-state index contributed by atoms with van der Waals surface area (Å²) in [5.41, 5.74) is 5.54. The third-order valence-corrected chi connectivity index (χ3v) is 6.36. The summed E-state index contributed by atoms with van der Waals surface area (Å²) < 4.78 is 11.0. The van der Waals surface area contributed by atoms with Crippen molar-refractivity contribution in [3.63, 3.8) is 0 Å². The molecule has 180 valence electrons. The van der Waals surface area contributed by atoms with Gasteiger partial charge >= 0.3 is 5.97 Å². The Bertz CT molecular complexity index is 1340. The fraction of sp³-hybridized carbons (Fsp3) is 0.269. The molecule has 0 aliphatic rings. The van der Waals surface area contributed by atoms with E-state index < -0.39 is 5.97 Å². The normalized spacial score (nSPS) is 10.9. The van der Waals surface area contributed by atoms with Crippen LogP contribution in [0.5, 0.6) is 0 Å². The molecule has 8 nitrogen and oxygen atoms in total. The first-order chi connectivity index (χ1) is 16.8. The van der Waals surface area contributed by atoms with Crippen molar-refractivity contribution in [1.29, 1.82) is 0 Å². The van der Waals surface area contributed by atoms with Gasteiger partial charge in [0, 0.05) is 24.3 Å². The zero-order chi connectivity index (χ0) is 24.9. The van der Waals surface area contributed by atoms with Crippen molar-refractivity contribution in [2.75, 3.05) is 4.90 Å². The van der Waals surface area contributed by atoms with E-state index in [0.29, 0.717) is 22.6 Å². The maximum atomic E-state index is 12.3. The predicted molar refractivity (Wildman–Crippen MR) is 133 cm³/mol. The molecule has 0 aliphatic heterocycles. The summed E-state index contributed by atoms with van der Waals surface area (Å²) >= 11 is 1.32. The van der Waals surface area contributed by atoms with Gasteiger partial charge in [0.1, 0.15) is 6.61 Å². The number of carbonyl (C=O) groups is 2. The van der Waals surface area contributed by atoms with E-state index in [0.717, 1.165) is 27.9 Å². The average Bonchev–Trinajstić information content (AvgIpc) is 3.49. The molecule has 35 heavy (non-hydrogen) atoms. The van der Waals surface area contributed by atoms with Gasteiger partial charge in [-0.2, -0.15) is 0 Å². The number of esters is 1. The fourth-order valence-corrected chi connectivity index (χ4v) is 4.23. The maximum absolute atomic E-state index is 12.3. The van der Waals surface area contributed by atoms with E-state index in [4.69, 9.17) is 9.15 Å². The number of nitrogens with zero attached hydrogens (tertiary/aromatic N) is 4. The number of hydrogen-bond donors (Lipinski definition) is 0. The lowest BCUT2D eigenvalue weighted by Gasteiger charge is -2.19. The van der Waals surface area contributed by atoms with Crippen LogP contribution in [0.25, 0.3) is 11.5 Å². The molecule has 0 unspecified atom stereocenters. The van der Waals surface area contributed by atoms with Crippen molar-refractivity contribution in [1.82, 2.24) is 15.2 Å². The first-order valence-electron chi connectivity index (χ1n) is 11.2. The van der Waals surface area contributed by atoms with E-state index in [2.05, 4.69) is 15.2 Å². The van der Waals surface area contributed by atoms with Gasteiger partial charge in [0.25, 0.3) is 0 Å². The van der Waals surface area contributed by atoms with Crippen LogP contribution in [-0.2, 0) is 27.4 Å². The largest absolute Gasteiger partial charge is 0.459 e. The summed E-state index contributed by atoms with van der Waals surface area (Å²) in [5, 5.41) is 10.4. The Hall–Kier alpha value is -3.85. The lowest BCUT2D eigenvalue weighted by molar-refractivity contribution is -0.145. The minimum Gasteiger partial charge on any atom is -0.459 e. The summed E-state index contributed by atoms with van der Waals surface area (Å²) in [6.07, 6.45) is 0.389. The molecule has 0 bridgehead atoms. The molecule has 0 aliphatic carbocycles. The van der Waals surface area contributed by atoms with Crippen molar-refractivity contribution >= 4 is 34.0 Å². The monoisotopic (exact) mass is 490 g/mol. The summed E-state index contributed by atoms with van der Waals surface area (Å²) in [7, 11) is 0. The van der Waals surface area contributed by atoms with Gasteiger partial charge in [-0.1, -0.05) is 23.8 Å². The molecule has 9 heteroatoms. The second-order valence-corrected chi connectivity index (χ2v) is 9.11. The smallest absolute Gasteiger partial charge is 0.306 e. The fourth-order valence-electron chi connectivity index (χ4n) is 3.36. The first-order valence-corrected chi connectivity index (χ1v) is 12.1. The second-order valence-electron chi connectivity index (χ2n) is 8.27. The molecule has 1 amide bonds. The van der Waals surface area contributed by atoms with E-state index in [1.165, 1.54) is 18.3 Å². The summed E-state index contributed by atoms with van der Waals surface area (Å²) in [6.45, 7) is 7.55. The van der Waals surface area contributed by atoms with Gasteiger partial charge in [0.15, 0.2) is 5.13 Å². The van der Waals surface area contributed by atoms with Crippen LogP contribution >= 0.6 is 11.3 Å². The zero-order valence-corrected chi connectivity index (χ0v) is 20.9. The molecular weight excluding hydrogens is 464 g/mol. The topological polar surface area (TPSA) is 98.4 Å². The molecule has 2 aromatic heterocycles. The molecule has 2 heterocycles. The van der Waals surface area contributed by atoms with Crippen LogP contribution in [-0.4, -0.2) is 27.1 Å². The van der Waals surface area contributed by atoms with Gasteiger partial charge in [-0.3, -0.25) is 14.5 Å². The quantitative estimate of drug-likeness (QED) is 0.302. The molecule has 4 aromatic rings. The Morgan fingerprint density at radius 3 is 2.51 bits per heavy atom. The number of amides is 1. The minimum absolute atomic E-state index is 0.0203. The highest BCUT2D eigenvalue weighted by molar-refractivity contribution is 7.14. The molecule has 0 saturated heterocycles. The Balaban J connectivity index is 1.32. The predicted octanol–water partition coefficient (Wildman–Crippen LogP) is 5.48. The Morgan fingerprint density at radius 1 is 1.03 bits per heavy atom. The average molecular weight is 491 g/mol. The second kappa shape index (κ2) is 10.6.